The average Bonchev–Trinajstić information content (AvgIpc) is 2.07. The fourth-order valence-electron chi connectivity index (χ4n) is 1.59. The standard InChI is InChI=1S/C8H16FNO/c9-6-8(3-4-10)2-1-5-11-7-8/h1-7,10H2. The Labute approximate surface area is 66.9 Å². The monoisotopic (exact) mass is 161 g/mol. The van der Waals surface area contributed by atoms with Gasteiger partial charge >= 0.3 is 0 Å². The number of alkyl halides is 1. The lowest BCUT2D eigenvalue weighted by molar-refractivity contribution is -0.0241. The Kier molecular flexibility index (Phi) is 3.27. The molecule has 3 heteroatoms. The zero-order valence-electron chi connectivity index (χ0n) is 6.81. The topological polar surface area (TPSA) is 35.2 Å². The highest BCUT2D eigenvalue weighted by Gasteiger charge is 2.31. The van der Waals surface area contributed by atoms with E-state index in [0.717, 1.165) is 25.9 Å². The summed E-state index contributed by atoms with van der Waals surface area (Å²) >= 11 is 0. The molecule has 1 aliphatic heterocycles. The number of hydrogen-bond donors (Lipinski definition) is 1. The molecule has 1 heterocycles. The van der Waals surface area contributed by atoms with Gasteiger partial charge in [0.05, 0.1) is 13.3 Å². The third-order valence-corrected chi connectivity index (χ3v) is 2.36. The molecule has 2 N–H and O–H groups in total. The van der Waals surface area contributed by atoms with Crippen LogP contribution < -0.4 is 5.73 Å². The molecule has 0 radical (unpaired) electrons. The Morgan fingerprint density at radius 2 is 2.36 bits per heavy atom. The highest BCUT2D eigenvalue weighted by Crippen LogP contribution is 2.31. The predicted molar refractivity (Wildman–Crippen MR) is 42.1 cm³/mol. The van der Waals surface area contributed by atoms with Gasteiger partial charge < -0.3 is 10.5 Å². The van der Waals surface area contributed by atoms with Crippen molar-refractivity contribution in [2.75, 3.05) is 26.4 Å². The first-order valence-corrected chi connectivity index (χ1v) is 4.17. The maximum Gasteiger partial charge on any atom is 0.0973 e. The van der Waals surface area contributed by atoms with Gasteiger partial charge in [0.2, 0.25) is 0 Å². The van der Waals surface area contributed by atoms with Gasteiger partial charge in [-0.2, -0.15) is 0 Å². The second-order valence-corrected chi connectivity index (χ2v) is 3.33. The van der Waals surface area contributed by atoms with Crippen molar-refractivity contribution in [2.45, 2.75) is 19.3 Å². The van der Waals surface area contributed by atoms with Crippen molar-refractivity contribution in [2.24, 2.45) is 11.1 Å². The van der Waals surface area contributed by atoms with Crippen molar-refractivity contribution < 1.29 is 9.13 Å². The molecule has 0 aliphatic carbocycles. The molecule has 0 aromatic heterocycles. The van der Waals surface area contributed by atoms with E-state index in [1.54, 1.807) is 0 Å². The molecule has 66 valence electrons. The molecule has 0 saturated carbocycles. The third-order valence-electron chi connectivity index (χ3n) is 2.36. The van der Waals surface area contributed by atoms with Crippen LogP contribution in [0.15, 0.2) is 0 Å². The molecule has 0 spiro atoms. The quantitative estimate of drug-likeness (QED) is 0.672. The third kappa shape index (κ3) is 2.14. The minimum atomic E-state index is -0.288. The van der Waals surface area contributed by atoms with E-state index in [1.807, 2.05) is 0 Å². The summed E-state index contributed by atoms with van der Waals surface area (Å²) in [6, 6.07) is 0. The van der Waals surface area contributed by atoms with Crippen molar-refractivity contribution in [1.29, 1.82) is 0 Å². The van der Waals surface area contributed by atoms with Crippen LogP contribution in [-0.4, -0.2) is 26.4 Å². The van der Waals surface area contributed by atoms with Crippen LogP contribution in [0.3, 0.4) is 0 Å². The van der Waals surface area contributed by atoms with Crippen LogP contribution in [-0.2, 0) is 4.74 Å². The van der Waals surface area contributed by atoms with Crippen LogP contribution in [0.5, 0.6) is 0 Å². The highest BCUT2D eigenvalue weighted by molar-refractivity contribution is 4.81. The van der Waals surface area contributed by atoms with Crippen molar-refractivity contribution in [3.8, 4) is 0 Å². The second kappa shape index (κ2) is 4.02. The summed E-state index contributed by atoms with van der Waals surface area (Å²) in [6.45, 7) is 1.62. The zero-order chi connectivity index (χ0) is 8.16. The highest BCUT2D eigenvalue weighted by atomic mass is 19.1. The maximum atomic E-state index is 12.6. The lowest BCUT2D eigenvalue weighted by Crippen LogP contribution is -2.35. The van der Waals surface area contributed by atoms with Crippen molar-refractivity contribution >= 4 is 0 Å². The second-order valence-electron chi connectivity index (χ2n) is 3.33. The number of hydrogen-bond acceptors (Lipinski definition) is 2. The first kappa shape index (κ1) is 8.94. The normalized spacial score (nSPS) is 32.2. The van der Waals surface area contributed by atoms with Crippen LogP contribution in [0.1, 0.15) is 19.3 Å². The fraction of sp³-hybridized carbons (Fsp3) is 1.00. The van der Waals surface area contributed by atoms with E-state index in [1.165, 1.54) is 0 Å². The summed E-state index contributed by atoms with van der Waals surface area (Å²) in [5.41, 5.74) is 5.15. The summed E-state index contributed by atoms with van der Waals surface area (Å²) in [5, 5.41) is 0. The van der Waals surface area contributed by atoms with Gasteiger partial charge in [0.15, 0.2) is 0 Å². The number of nitrogens with two attached hydrogens (primary N) is 1. The molecule has 1 saturated heterocycles. The number of rotatable bonds is 3. The SMILES string of the molecule is NCCC1(CF)CCCOC1. The van der Waals surface area contributed by atoms with Crippen LogP contribution >= 0.6 is 0 Å². The minimum absolute atomic E-state index is 0.243. The smallest absolute Gasteiger partial charge is 0.0973 e. The Bertz CT molecular complexity index is 107. The summed E-state index contributed by atoms with van der Waals surface area (Å²) in [4.78, 5) is 0. The summed E-state index contributed by atoms with van der Waals surface area (Å²) in [6.07, 6.45) is 2.66. The van der Waals surface area contributed by atoms with E-state index in [9.17, 15) is 4.39 Å². The summed E-state index contributed by atoms with van der Waals surface area (Å²) in [7, 11) is 0. The average molecular weight is 161 g/mol. The molecule has 0 amide bonds. The number of halogens is 1. The minimum Gasteiger partial charge on any atom is -0.381 e. The largest absolute Gasteiger partial charge is 0.381 e. The van der Waals surface area contributed by atoms with Gasteiger partial charge in [-0.05, 0) is 25.8 Å². The van der Waals surface area contributed by atoms with Crippen LogP contribution in [0.4, 0.5) is 4.39 Å². The Hall–Kier alpha value is -0.150. The van der Waals surface area contributed by atoms with Gasteiger partial charge in [-0.15, -0.1) is 0 Å². The molecule has 1 atom stereocenters. The summed E-state index contributed by atoms with van der Waals surface area (Å²) in [5.74, 6) is 0. The predicted octanol–water partition coefficient (Wildman–Crippen LogP) is 1.10. The van der Waals surface area contributed by atoms with Gasteiger partial charge in [0.1, 0.15) is 0 Å². The first-order chi connectivity index (χ1) is 5.33. The van der Waals surface area contributed by atoms with Gasteiger partial charge in [-0.25, -0.2) is 0 Å². The lowest BCUT2D eigenvalue weighted by atomic mass is 9.81. The van der Waals surface area contributed by atoms with E-state index < -0.39 is 0 Å². The molecule has 11 heavy (non-hydrogen) atoms. The lowest BCUT2D eigenvalue weighted by Gasteiger charge is -2.34. The van der Waals surface area contributed by atoms with Crippen molar-refractivity contribution in [3.05, 3.63) is 0 Å². The molecule has 1 aliphatic rings. The molecular formula is C8H16FNO. The van der Waals surface area contributed by atoms with E-state index in [4.69, 9.17) is 10.5 Å². The van der Waals surface area contributed by atoms with Crippen LogP contribution in [0, 0.1) is 5.41 Å². The fourth-order valence-corrected chi connectivity index (χ4v) is 1.59. The molecule has 2 nitrogen and oxygen atoms in total. The van der Waals surface area contributed by atoms with Crippen LogP contribution in [0.2, 0.25) is 0 Å². The molecule has 0 bridgehead atoms. The van der Waals surface area contributed by atoms with E-state index in [0.29, 0.717) is 13.2 Å². The zero-order valence-corrected chi connectivity index (χ0v) is 6.81. The van der Waals surface area contributed by atoms with Crippen molar-refractivity contribution in [1.82, 2.24) is 0 Å². The van der Waals surface area contributed by atoms with Gasteiger partial charge in [-0.3, -0.25) is 4.39 Å². The van der Waals surface area contributed by atoms with E-state index >= 15 is 0 Å². The van der Waals surface area contributed by atoms with Gasteiger partial charge in [0.25, 0.3) is 0 Å². The molecule has 1 rings (SSSR count). The Morgan fingerprint density at radius 1 is 1.55 bits per heavy atom. The molecule has 0 aromatic carbocycles. The Morgan fingerprint density at radius 3 is 2.82 bits per heavy atom. The maximum absolute atomic E-state index is 12.6. The molecular weight excluding hydrogens is 145 g/mol. The molecule has 0 aromatic rings. The Balaban J connectivity index is 2.42. The number of ether oxygens (including phenoxy) is 1. The van der Waals surface area contributed by atoms with E-state index in [-0.39, 0.29) is 12.1 Å². The molecule has 1 unspecified atom stereocenters. The van der Waals surface area contributed by atoms with E-state index in [2.05, 4.69) is 0 Å². The van der Waals surface area contributed by atoms with Crippen LogP contribution in [0.25, 0.3) is 0 Å². The summed E-state index contributed by atoms with van der Waals surface area (Å²) < 4.78 is 17.8. The first-order valence-electron chi connectivity index (χ1n) is 4.17. The van der Waals surface area contributed by atoms with Gasteiger partial charge in [-0.1, -0.05) is 0 Å². The van der Waals surface area contributed by atoms with Gasteiger partial charge in [0, 0.05) is 12.0 Å². The molecule has 1 fully saturated rings. The van der Waals surface area contributed by atoms with Crippen molar-refractivity contribution in [3.63, 3.8) is 0 Å².